The van der Waals surface area contributed by atoms with Gasteiger partial charge in [0.05, 0.1) is 18.2 Å². The third kappa shape index (κ3) is 5.19. The number of carbonyl (C=O) groups excluding carboxylic acids is 1. The average molecular weight is 361 g/mol. The number of morpholine rings is 1. The average Bonchev–Trinajstić information content (AvgIpc) is 2.63. The summed E-state index contributed by atoms with van der Waals surface area (Å²) in [7, 11) is 2.16. The van der Waals surface area contributed by atoms with Crippen molar-refractivity contribution in [1.82, 2.24) is 20.0 Å². The van der Waals surface area contributed by atoms with Crippen LogP contribution in [-0.4, -0.2) is 85.8 Å². The van der Waals surface area contributed by atoms with Crippen molar-refractivity contribution >= 4 is 6.03 Å². The molecule has 1 N–H and O–H groups in total. The fourth-order valence-electron chi connectivity index (χ4n) is 3.79. The third-order valence-corrected chi connectivity index (χ3v) is 5.24. The lowest BCUT2D eigenvalue weighted by Gasteiger charge is -2.38. The summed E-state index contributed by atoms with van der Waals surface area (Å²) in [4.78, 5) is 19.6. The number of benzene rings is 1. The molecule has 3 unspecified atom stereocenters. The Morgan fingerprint density at radius 3 is 2.35 bits per heavy atom. The Morgan fingerprint density at radius 1 is 1.12 bits per heavy atom. The molecule has 0 saturated carbocycles. The van der Waals surface area contributed by atoms with Gasteiger partial charge in [-0.1, -0.05) is 30.3 Å². The van der Waals surface area contributed by atoms with Gasteiger partial charge in [-0.05, 0) is 26.5 Å². The minimum Gasteiger partial charge on any atom is -0.372 e. The van der Waals surface area contributed by atoms with E-state index in [2.05, 4.69) is 34.3 Å². The van der Waals surface area contributed by atoms with Gasteiger partial charge in [-0.15, -0.1) is 0 Å². The molecule has 0 aliphatic carbocycles. The summed E-state index contributed by atoms with van der Waals surface area (Å²) in [5.41, 5.74) is 1.16. The van der Waals surface area contributed by atoms with Crippen molar-refractivity contribution in [2.45, 2.75) is 32.1 Å². The molecule has 1 aromatic carbocycles. The van der Waals surface area contributed by atoms with Crippen LogP contribution in [0, 0.1) is 0 Å². The monoisotopic (exact) mass is 360 g/mol. The number of ether oxygens (including phenoxy) is 1. The standard InChI is InChI=1S/C20H32N4O2/c1-16-13-24(14-17(2)26-16)20(25)21-19(18-7-5-4-6-8-18)15-23-11-9-22(3)10-12-23/h4-8,16-17,19H,9-15H2,1-3H3,(H,21,25). The van der Waals surface area contributed by atoms with Crippen LogP contribution in [0.25, 0.3) is 0 Å². The van der Waals surface area contributed by atoms with Crippen LogP contribution in [0.4, 0.5) is 4.79 Å². The van der Waals surface area contributed by atoms with Crippen LogP contribution in [-0.2, 0) is 4.74 Å². The highest BCUT2D eigenvalue weighted by Crippen LogP contribution is 2.17. The van der Waals surface area contributed by atoms with Gasteiger partial charge in [0.25, 0.3) is 0 Å². The third-order valence-electron chi connectivity index (χ3n) is 5.24. The van der Waals surface area contributed by atoms with Crippen molar-refractivity contribution in [3.05, 3.63) is 35.9 Å². The lowest BCUT2D eigenvalue weighted by atomic mass is 10.1. The Balaban J connectivity index is 1.66. The maximum Gasteiger partial charge on any atom is 0.318 e. The molecule has 3 atom stereocenters. The first-order chi connectivity index (χ1) is 12.5. The SMILES string of the molecule is CC1CN(C(=O)NC(CN2CCN(C)CC2)c2ccccc2)CC(C)O1. The Hall–Kier alpha value is -1.63. The highest BCUT2D eigenvalue weighted by molar-refractivity contribution is 5.75. The van der Waals surface area contributed by atoms with Gasteiger partial charge in [0, 0.05) is 45.8 Å². The number of likely N-dealkylation sites (N-methyl/N-ethyl adjacent to an activating group) is 1. The second-order valence-corrected chi connectivity index (χ2v) is 7.68. The van der Waals surface area contributed by atoms with Gasteiger partial charge >= 0.3 is 6.03 Å². The summed E-state index contributed by atoms with van der Waals surface area (Å²) in [5, 5.41) is 3.28. The largest absolute Gasteiger partial charge is 0.372 e. The van der Waals surface area contributed by atoms with Crippen LogP contribution in [0.3, 0.4) is 0 Å². The molecule has 0 radical (unpaired) electrons. The number of nitrogens with one attached hydrogen (secondary N) is 1. The summed E-state index contributed by atoms with van der Waals surface area (Å²) in [6.45, 7) is 10.4. The number of piperazine rings is 1. The molecule has 0 spiro atoms. The molecular formula is C20H32N4O2. The van der Waals surface area contributed by atoms with Gasteiger partial charge in [0.15, 0.2) is 0 Å². The van der Waals surface area contributed by atoms with Gasteiger partial charge in [-0.3, -0.25) is 4.90 Å². The highest BCUT2D eigenvalue weighted by atomic mass is 16.5. The van der Waals surface area contributed by atoms with Gasteiger partial charge < -0.3 is 19.9 Å². The van der Waals surface area contributed by atoms with E-state index in [1.807, 2.05) is 36.9 Å². The molecule has 2 amide bonds. The number of hydrogen-bond acceptors (Lipinski definition) is 4. The number of carbonyl (C=O) groups is 1. The Kier molecular flexibility index (Phi) is 6.51. The van der Waals surface area contributed by atoms with Crippen molar-refractivity contribution in [2.75, 3.05) is 52.9 Å². The predicted octanol–water partition coefficient (Wildman–Crippen LogP) is 1.79. The molecule has 0 aromatic heterocycles. The maximum absolute atomic E-state index is 12.9. The fourth-order valence-corrected chi connectivity index (χ4v) is 3.79. The normalized spacial score (nSPS) is 26.5. The molecule has 1 aromatic rings. The van der Waals surface area contributed by atoms with E-state index in [0.717, 1.165) is 38.3 Å². The van der Waals surface area contributed by atoms with E-state index < -0.39 is 0 Å². The van der Waals surface area contributed by atoms with Crippen molar-refractivity contribution in [1.29, 1.82) is 0 Å². The summed E-state index contributed by atoms with van der Waals surface area (Å²) < 4.78 is 5.75. The molecule has 2 saturated heterocycles. The highest BCUT2D eigenvalue weighted by Gasteiger charge is 2.28. The minimum atomic E-state index is 0.000522. The molecule has 0 bridgehead atoms. The topological polar surface area (TPSA) is 48.1 Å². The lowest BCUT2D eigenvalue weighted by molar-refractivity contribution is -0.0548. The molecule has 3 rings (SSSR count). The van der Waals surface area contributed by atoms with Crippen LogP contribution in [0.15, 0.2) is 30.3 Å². The summed E-state index contributed by atoms with van der Waals surface area (Å²) in [5.74, 6) is 0. The van der Waals surface area contributed by atoms with E-state index in [1.165, 1.54) is 0 Å². The zero-order valence-electron chi connectivity index (χ0n) is 16.2. The van der Waals surface area contributed by atoms with E-state index in [4.69, 9.17) is 4.74 Å². The Bertz CT molecular complexity index is 564. The lowest BCUT2D eigenvalue weighted by Crippen LogP contribution is -2.54. The number of nitrogens with zero attached hydrogens (tertiary/aromatic N) is 3. The minimum absolute atomic E-state index is 0.000522. The molecular weight excluding hydrogens is 328 g/mol. The van der Waals surface area contributed by atoms with Crippen molar-refractivity contribution in [2.24, 2.45) is 0 Å². The van der Waals surface area contributed by atoms with E-state index in [9.17, 15) is 4.79 Å². The van der Waals surface area contributed by atoms with Crippen molar-refractivity contribution < 1.29 is 9.53 Å². The van der Waals surface area contributed by atoms with Crippen molar-refractivity contribution in [3.63, 3.8) is 0 Å². The summed E-state index contributed by atoms with van der Waals surface area (Å²) in [6, 6.07) is 10.3. The van der Waals surface area contributed by atoms with Crippen LogP contribution in [0.2, 0.25) is 0 Å². The Morgan fingerprint density at radius 2 is 1.73 bits per heavy atom. The van der Waals surface area contributed by atoms with Crippen LogP contribution in [0.5, 0.6) is 0 Å². The van der Waals surface area contributed by atoms with Crippen LogP contribution < -0.4 is 5.32 Å². The van der Waals surface area contributed by atoms with Crippen molar-refractivity contribution in [3.8, 4) is 0 Å². The molecule has 2 aliphatic rings. The molecule has 144 valence electrons. The van der Waals surface area contributed by atoms with Gasteiger partial charge in [-0.25, -0.2) is 4.79 Å². The molecule has 2 heterocycles. The fraction of sp³-hybridized carbons (Fsp3) is 0.650. The first-order valence-electron chi connectivity index (χ1n) is 9.68. The molecule has 6 nitrogen and oxygen atoms in total. The predicted molar refractivity (Wildman–Crippen MR) is 103 cm³/mol. The van der Waals surface area contributed by atoms with E-state index in [1.54, 1.807) is 0 Å². The van der Waals surface area contributed by atoms with Gasteiger partial charge in [0.1, 0.15) is 0 Å². The summed E-state index contributed by atoms with van der Waals surface area (Å²) >= 11 is 0. The van der Waals surface area contributed by atoms with Crippen LogP contribution >= 0.6 is 0 Å². The number of amides is 2. The second kappa shape index (κ2) is 8.84. The first kappa shape index (κ1) is 19.1. The van der Waals surface area contributed by atoms with E-state index in [-0.39, 0.29) is 24.3 Å². The molecule has 26 heavy (non-hydrogen) atoms. The summed E-state index contributed by atoms with van der Waals surface area (Å²) in [6.07, 6.45) is 0.162. The number of hydrogen-bond donors (Lipinski definition) is 1. The number of rotatable bonds is 4. The Labute approximate surface area is 157 Å². The zero-order valence-corrected chi connectivity index (χ0v) is 16.2. The van der Waals surface area contributed by atoms with E-state index >= 15 is 0 Å². The quantitative estimate of drug-likeness (QED) is 0.889. The molecule has 6 heteroatoms. The number of urea groups is 1. The van der Waals surface area contributed by atoms with Crippen LogP contribution in [0.1, 0.15) is 25.5 Å². The second-order valence-electron chi connectivity index (χ2n) is 7.68. The first-order valence-corrected chi connectivity index (χ1v) is 9.68. The smallest absolute Gasteiger partial charge is 0.318 e. The van der Waals surface area contributed by atoms with E-state index in [0.29, 0.717) is 13.1 Å². The molecule has 2 aliphatic heterocycles. The maximum atomic E-state index is 12.9. The van der Waals surface area contributed by atoms with Gasteiger partial charge in [-0.2, -0.15) is 0 Å². The zero-order chi connectivity index (χ0) is 18.5. The molecule has 2 fully saturated rings. The van der Waals surface area contributed by atoms with Gasteiger partial charge in [0.2, 0.25) is 0 Å².